The molecule has 0 aliphatic heterocycles. The van der Waals surface area contributed by atoms with Gasteiger partial charge in [0.25, 0.3) is 0 Å². The molecule has 13 heavy (non-hydrogen) atoms. The van der Waals surface area contributed by atoms with Gasteiger partial charge in [-0.05, 0) is 39.7 Å². The highest BCUT2D eigenvalue weighted by Crippen LogP contribution is 2.15. The summed E-state index contributed by atoms with van der Waals surface area (Å²) in [7, 11) is 1.77. The number of ether oxygens (including phenoxy) is 1. The first kappa shape index (κ1) is 12.9. The zero-order valence-electron chi connectivity index (χ0n) is 9.98. The molecular weight excluding hydrogens is 162 g/mol. The Labute approximate surface area is 83.1 Å². The zero-order chi connectivity index (χ0) is 10.5. The van der Waals surface area contributed by atoms with E-state index < -0.39 is 0 Å². The maximum Gasteiger partial charge on any atom is 0.0637 e. The van der Waals surface area contributed by atoms with Crippen molar-refractivity contribution in [3.63, 3.8) is 0 Å². The first-order chi connectivity index (χ1) is 5.87. The molecule has 0 aromatic carbocycles. The van der Waals surface area contributed by atoms with Crippen molar-refractivity contribution in [2.45, 2.75) is 52.7 Å². The van der Waals surface area contributed by atoms with Gasteiger partial charge in [0, 0.05) is 13.2 Å². The molecule has 0 fully saturated rings. The van der Waals surface area contributed by atoms with Crippen molar-refractivity contribution in [2.75, 3.05) is 13.7 Å². The standard InChI is InChI=1S/C11H25NO/c1-9(2)8-12-10(3)7-11(4,5)13-6/h9-10,12H,7-8H2,1-6H3/t10-/m1/s1. The molecule has 80 valence electrons. The third-order valence-corrected chi connectivity index (χ3v) is 2.22. The van der Waals surface area contributed by atoms with Gasteiger partial charge >= 0.3 is 0 Å². The third kappa shape index (κ3) is 7.03. The molecule has 0 spiro atoms. The van der Waals surface area contributed by atoms with Crippen LogP contribution in [0, 0.1) is 5.92 Å². The highest BCUT2D eigenvalue weighted by atomic mass is 16.5. The van der Waals surface area contributed by atoms with Gasteiger partial charge < -0.3 is 10.1 Å². The summed E-state index contributed by atoms with van der Waals surface area (Å²) in [6, 6.07) is 0.525. The van der Waals surface area contributed by atoms with Crippen LogP contribution in [0.4, 0.5) is 0 Å². The Morgan fingerprint density at radius 3 is 2.15 bits per heavy atom. The van der Waals surface area contributed by atoms with Crippen LogP contribution in [0.2, 0.25) is 0 Å². The summed E-state index contributed by atoms with van der Waals surface area (Å²) in [5.41, 5.74) is -0.0105. The van der Waals surface area contributed by atoms with Gasteiger partial charge in [0.05, 0.1) is 5.60 Å². The molecule has 0 saturated carbocycles. The summed E-state index contributed by atoms with van der Waals surface area (Å²) in [5.74, 6) is 0.716. The molecule has 0 aliphatic carbocycles. The SMILES string of the molecule is COC(C)(C)C[C@@H](C)NCC(C)C. The van der Waals surface area contributed by atoms with Crippen molar-refractivity contribution in [1.29, 1.82) is 0 Å². The lowest BCUT2D eigenvalue weighted by Gasteiger charge is -2.27. The topological polar surface area (TPSA) is 21.3 Å². The summed E-state index contributed by atoms with van der Waals surface area (Å²) < 4.78 is 5.38. The number of hydrogen-bond donors (Lipinski definition) is 1. The minimum absolute atomic E-state index is 0.0105. The molecule has 0 aliphatic rings. The van der Waals surface area contributed by atoms with Crippen LogP contribution in [0.1, 0.15) is 41.0 Å². The Bertz CT molecular complexity index is 132. The molecule has 0 bridgehead atoms. The van der Waals surface area contributed by atoms with Crippen LogP contribution >= 0.6 is 0 Å². The molecule has 2 nitrogen and oxygen atoms in total. The van der Waals surface area contributed by atoms with Crippen LogP contribution in [-0.4, -0.2) is 25.3 Å². The van der Waals surface area contributed by atoms with Crippen LogP contribution in [0.3, 0.4) is 0 Å². The van der Waals surface area contributed by atoms with Crippen molar-refractivity contribution in [3.05, 3.63) is 0 Å². The van der Waals surface area contributed by atoms with Crippen molar-refractivity contribution in [1.82, 2.24) is 5.32 Å². The average Bonchev–Trinajstić information content (AvgIpc) is 2.00. The van der Waals surface area contributed by atoms with E-state index in [1.165, 1.54) is 0 Å². The smallest absolute Gasteiger partial charge is 0.0637 e. The number of rotatable bonds is 6. The van der Waals surface area contributed by atoms with Crippen LogP contribution in [0.25, 0.3) is 0 Å². The predicted octanol–water partition coefficient (Wildman–Crippen LogP) is 2.44. The van der Waals surface area contributed by atoms with E-state index in [0.29, 0.717) is 12.0 Å². The van der Waals surface area contributed by atoms with Crippen molar-refractivity contribution >= 4 is 0 Å². The van der Waals surface area contributed by atoms with E-state index in [2.05, 4.69) is 39.9 Å². The van der Waals surface area contributed by atoms with E-state index in [4.69, 9.17) is 4.74 Å². The minimum Gasteiger partial charge on any atom is -0.379 e. The highest BCUT2D eigenvalue weighted by molar-refractivity contribution is 4.75. The van der Waals surface area contributed by atoms with Gasteiger partial charge in [0.2, 0.25) is 0 Å². The van der Waals surface area contributed by atoms with Gasteiger partial charge in [-0.15, -0.1) is 0 Å². The molecule has 0 rings (SSSR count). The van der Waals surface area contributed by atoms with E-state index >= 15 is 0 Å². The zero-order valence-corrected chi connectivity index (χ0v) is 9.98. The summed E-state index contributed by atoms with van der Waals surface area (Å²) in [6.45, 7) is 12.0. The second-order valence-electron chi connectivity index (χ2n) is 4.87. The number of hydrogen-bond acceptors (Lipinski definition) is 2. The van der Waals surface area contributed by atoms with E-state index in [0.717, 1.165) is 13.0 Å². The quantitative estimate of drug-likeness (QED) is 0.689. The van der Waals surface area contributed by atoms with Gasteiger partial charge in [0.15, 0.2) is 0 Å². The van der Waals surface area contributed by atoms with Gasteiger partial charge in [-0.25, -0.2) is 0 Å². The van der Waals surface area contributed by atoms with Crippen LogP contribution in [-0.2, 0) is 4.74 Å². The number of methoxy groups -OCH3 is 1. The Morgan fingerprint density at radius 2 is 1.77 bits per heavy atom. The van der Waals surface area contributed by atoms with E-state index in [9.17, 15) is 0 Å². The summed E-state index contributed by atoms with van der Waals surface area (Å²) in [5, 5.41) is 3.49. The number of nitrogens with one attached hydrogen (secondary N) is 1. The lowest BCUT2D eigenvalue weighted by atomic mass is 9.99. The fourth-order valence-corrected chi connectivity index (χ4v) is 1.33. The van der Waals surface area contributed by atoms with E-state index in [1.54, 1.807) is 7.11 Å². The fourth-order valence-electron chi connectivity index (χ4n) is 1.33. The van der Waals surface area contributed by atoms with Gasteiger partial charge in [-0.1, -0.05) is 13.8 Å². The second-order valence-corrected chi connectivity index (χ2v) is 4.87. The Kier molecular flexibility index (Phi) is 5.57. The van der Waals surface area contributed by atoms with E-state index in [-0.39, 0.29) is 5.60 Å². The Morgan fingerprint density at radius 1 is 1.23 bits per heavy atom. The predicted molar refractivity (Wildman–Crippen MR) is 58.0 cm³/mol. The van der Waals surface area contributed by atoms with Gasteiger partial charge in [-0.3, -0.25) is 0 Å². The molecule has 0 saturated heterocycles. The van der Waals surface area contributed by atoms with E-state index in [1.807, 2.05) is 0 Å². The molecule has 1 N–H and O–H groups in total. The van der Waals surface area contributed by atoms with Crippen LogP contribution in [0.5, 0.6) is 0 Å². The largest absolute Gasteiger partial charge is 0.379 e. The van der Waals surface area contributed by atoms with Crippen LogP contribution < -0.4 is 5.32 Å². The third-order valence-electron chi connectivity index (χ3n) is 2.22. The summed E-state index contributed by atoms with van der Waals surface area (Å²) in [6.07, 6.45) is 1.05. The molecular formula is C11H25NO. The molecule has 0 aromatic rings. The molecule has 1 atom stereocenters. The van der Waals surface area contributed by atoms with Crippen molar-refractivity contribution < 1.29 is 4.74 Å². The first-order valence-electron chi connectivity index (χ1n) is 5.16. The fraction of sp³-hybridized carbons (Fsp3) is 1.00. The molecule has 0 radical (unpaired) electrons. The molecule has 2 heteroatoms. The summed E-state index contributed by atoms with van der Waals surface area (Å²) >= 11 is 0. The highest BCUT2D eigenvalue weighted by Gasteiger charge is 2.19. The Balaban J connectivity index is 3.67. The summed E-state index contributed by atoms with van der Waals surface area (Å²) in [4.78, 5) is 0. The maximum absolute atomic E-state index is 5.38. The van der Waals surface area contributed by atoms with Crippen molar-refractivity contribution in [3.8, 4) is 0 Å². The van der Waals surface area contributed by atoms with Gasteiger partial charge in [0.1, 0.15) is 0 Å². The lowest BCUT2D eigenvalue weighted by molar-refractivity contribution is 0.00840. The van der Waals surface area contributed by atoms with Crippen LogP contribution in [0.15, 0.2) is 0 Å². The molecule has 0 amide bonds. The van der Waals surface area contributed by atoms with Crippen molar-refractivity contribution in [2.24, 2.45) is 5.92 Å². The molecule has 0 heterocycles. The minimum atomic E-state index is -0.0105. The molecule has 0 aromatic heterocycles. The Hall–Kier alpha value is -0.0800. The monoisotopic (exact) mass is 187 g/mol. The maximum atomic E-state index is 5.38. The van der Waals surface area contributed by atoms with Gasteiger partial charge in [-0.2, -0.15) is 0 Å². The second kappa shape index (κ2) is 5.61. The normalized spacial score (nSPS) is 15.0. The average molecular weight is 187 g/mol. The molecule has 0 unspecified atom stereocenters. The lowest BCUT2D eigenvalue weighted by Crippen LogP contribution is -2.37. The first-order valence-corrected chi connectivity index (χ1v) is 5.16.